The number of benzene rings is 1. The van der Waals surface area contributed by atoms with Gasteiger partial charge >= 0.3 is 0 Å². The van der Waals surface area contributed by atoms with Crippen molar-refractivity contribution in [2.24, 2.45) is 0 Å². The molecule has 1 aromatic rings. The third-order valence-corrected chi connectivity index (χ3v) is 3.45. The average molecular weight is 258 g/mol. The van der Waals surface area contributed by atoms with E-state index in [2.05, 4.69) is 30.6 Å². The lowest BCUT2D eigenvalue weighted by molar-refractivity contribution is 0.513. The molecular formula is C13H20ClNS. The first-order valence-corrected chi connectivity index (χ1v) is 7.50. The number of thioether (sulfide) groups is 1. The standard InChI is InChI=1S/C13H20ClNS/c1-3-15-13(8-9-16-2)10-11-4-6-12(14)7-5-11/h4-7,13,15H,3,8-10H2,1-2H3. The molecule has 0 aliphatic carbocycles. The first-order valence-electron chi connectivity index (χ1n) is 5.73. The summed E-state index contributed by atoms with van der Waals surface area (Å²) < 4.78 is 0. The molecule has 0 aliphatic rings. The van der Waals surface area contributed by atoms with Gasteiger partial charge in [-0.25, -0.2) is 0 Å². The Morgan fingerprint density at radius 1 is 1.31 bits per heavy atom. The second kappa shape index (κ2) is 7.99. The molecule has 1 N–H and O–H groups in total. The third-order valence-electron chi connectivity index (χ3n) is 2.56. The summed E-state index contributed by atoms with van der Waals surface area (Å²) in [5, 5.41) is 4.35. The number of halogens is 1. The van der Waals surface area contributed by atoms with Crippen molar-refractivity contribution in [3.63, 3.8) is 0 Å². The maximum atomic E-state index is 5.87. The zero-order valence-corrected chi connectivity index (χ0v) is 11.6. The number of rotatable bonds is 7. The molecule has 1 aromatic carbocycles. The second-order valence-corrected chi connectivity index (χ2v) is 5.29. The molecule has 0 saturated heterocycles. The predicted molar refractivity (Wildman–Crippen MR) is 75.6 cm³/mol. The molecule has 0 saturated carbocycles. The van der Waals surface area contributed by atoms with Crippen LogP contribution in [0, 0.1) is 0 Å². The van der Waals surface area contributed by atoms with Crippen LogP contribution in [0.3, 0.4) is 0 Å². The fourth-order valence-corrected chi connectivity index (χ4v) is 2.38. The van der Waals surface area contributed by atoms with E-state index in [4.69, 9.17) is 11.6 Å². The Morgan fingerprint density at radius 3 is 2.56 bits per heavy atom. The summed E-state index contributed by atoms with van der Waals surface area (Å²) in [6.07, 6.45) is 4.47. The van der Waals surface area contributed by atoms with Crippen molar-refractivity contribution in [3.05, 3.63) is 34.9 Å². The van der Waals surface area contributed by atoms with E-state index in [1.165, 1.54) is 17.7 Å². The van der Waals surface area contributed by atoms with Crippen molar-refractivity contribution < 1.29 is 0 Å². The number of hydrogen-bond acceptors (Lipinski definition) is 2. The highest BCUT2D eigenvalue weighted by Crippen LogP contribution is 2.13. The Hall–Kier alpha value is -0.180. The summed E-state index contributed by atoms with van der Waals surface area (Å²) in [6, 6.07) is 8.75. The fourth-order valence-electron chi connectivity index (χ4n) is 1.73. The van der Waals surface area contributed by atoms with Crippen LogP contribution >= 0.6 is 23.4 Å². The van der Waals surface area contributed by atoms with Crippen molar-refractivity contribution >= 4 is 23.4 Å². The number of likely N-dealkylation sites (N-methyl/N-ethyl adjacent to an activating group) is 1. The Morgan fingerprint density at radius 2 is 2.00 bits per heavy atom. The number of nitrogens with one attached hydrogen (secondary N) is 1. The summed E-state index contributed by atoms with van der Waals surface area (Å²) >= 11 is 7.78. The molecule has 1 nitrogen and oxygen atoms in total. The SMILES string of the molecule is CCNC(CCSC)Cc1ccc(Cl)cc1. The molecule has 0 amide bonds. The lowest BCUT2D eigenvalue weighted by Gasteiger charge is -2.17. The minimum absolute atomic E-state index is 0.582. The first kappa shape index (κ1) is 13.9. The highest BCUT2D eigenvalue weighted by molar-refractivity contribution is 7.98. The van der Waals surface area contributed by atoms with Crippen molar-refractivity contribution in [1.29, 1.82) is 0 Å². The van der Waals surface area contributed by atoms with Gasteiger partial charge in [-0.2, -0.15) is 11.8 Å². The Bertz CT molecular complexity index is 286. The molecule has 0 bridgehead atoms. The Labute approximate surface area is 108 Å². The van der Waals surface area contributed by atoms with Crippen LogP contribution in [0.25, 0.3) is 0 Å². The predicted octanol–water partition coefficient (Wildman–Crippen LogP) is 3.61. The van der Waals surface area contributed by atoms with Gasteiger partial charge in [0, 0.05) is 11.1 Å². The van der Waals surface area contributed by atoms with Gasteiger partial charge in [0.2, 0.25) is 0 Å². The molecule has 1 unspecified atom stereocenters. The van der Waals surface area contributed by atoms with Crippen LogP contribution in [0.15, 0.2) is 24.3 Å². The van der Waals surface area contributed by atoms with Crippen LogP contribution in [-0.2, 0) is 6.42 Å². The minimum atomic E-state index is 0.582. The molecule has 0 aliphatic heterocycles. The van der Waals surface area contributed by atoms with Gasteiger partial charge in [0.05, 0.1) is 0 Å². The summed E-state index contributed by atoms with van der Waals surface area (Å²) in [6.45, 7) is 3.20. The highest BCUT2D eigenvalue weighted by atomic mass is 35.5. The van der Waals surface area contributed by atoms with Crippen LogP contribution in [0.5, 0.6) is 0 Å². The molecule has 0 fully saturated rings. The Balaban J connectivity index is 2.49. The van der Waals surface area contributed by atoms with E-state index >= 15 is 0 Å². The van der Waals surface area contributed by atoms with E-state index in [0.717, 1.165) is 18.0 Å². The molecule has 0 spiro atoms. The summed E-state index contributed by atoms with van der Waals surface area (Å²) in [7, 11) is 0. The number of hydrogen-bond donors (Lipinski definition) is 1. The minimum Gasteiger partial charge on any atom is -0.314 e. The largest absolute Gasteiger partial charge is 0.314 e. The normalized spacial score (nSPS) is 12.7. The lowest BCUT2D eigenvalue weighted by atomic mass is 10.0. The van der Waals surface area contributed by atoms with Crippen LogP contribution in [0.2, 0.25) is 5.02 Å². The smallest absolute Gasteiger partial charge is 0.0406 e. The molecule has 1 atom stereocenters. The van der Waals surface area contributed by atoms with E-state index in [1.54, 1.807) is 0 Å². The Kier molecular flexibility index (Phi) is 6.93. The van der Waals surface area contributed by atoms with Gasteiger partial charge in [-0.1, -0.05) is 30.7 Å². The van der Waals surface area contributed by atoms with Gasteiger partial charge in [0.25, 0.3) is 0 Å². The summed E-state index contributed by atoms with van der Waals surface area (Å²) in [4.78, 5) is 0. The van der Waals surface area contributed by atoms with E-state index in [-0.39, 0.29) is 0 Å². The lowest BCUT2D eigenvalue weighted by Crippen LogP contribution is -2.31. The maximum Gasteiger partial charge on any atom is 0.0406 e. The van der Waals surface area contributed by atoms with Crippen molar-refractivity contribution in [2.75, 3.05) is 18.6 Å². The van der Waals surface area contributed by atoms with E-state index in [1.807, 2.05) is 23.9 Å². The zero-order valence-electron chi connectivity index (χ0n) is 10.0. The maximum absolute atomic E-state index is 5.87. The van der Waals surface area contributed by atoms with Gasteiger partial charge in [0.1, 0.15) is 0 Å². The molecule has 90 valence electrons. The molecule has 0 radical (unpaired) electrons. The quantitative estimate of drug-likeness (QED) is 0.801. The van der Waals surface area contributed by atoms with Gasteiger partial charge in [0.15, 0.2) is 0 Å². The van der Waals surface area contributed by atoms with Gasteiger partial charge < -0.3 is 5.32 Å². The van der Waals surface area contributed by atoms with Crippen LogP contribution in [-0.4, -0.2) is 24.6 Å². The topological polar surface area (TPSA) is 12.0 Å². The van der Waals surface area contributed by atoms with Gasteiger partial charge in [-0.3, -0.25) is 0 Å². The molecule has 16 heavy (non-hydrogen) atoms. The second-order valence-electron chi connectivity index (χ2n) is 3.87. The third kappa shape index (κ3) is 5.24. The van der Waals surface area contributed by atoms with E-state index < -0.39 is 0 Å². The zero-order chi connectivity index (χ0) is 11.8. The van der Waals surface area contributed by atoms with Crippen LogP contribution in [0.4, 0.5) is 0 Å². The van der Waals surface area contributed by atoms with Crippen LogP contribution < -0.4 is 5.32 Å². The van der Waals surface area contributed by atoms with Gasteiger partial charge in [-0.05, 0) is 49.1 Å². The molecule has 3 heteroatoms. The van der Waals surface area contributed by atoms with Crippen molar-refractivity contribution in [3.8, 4) is 0 Å². The first-order chi connectivity index (χ1) is 7.76. The molecular weight excluding hydrogens is 238 g/mol. The molecule has 0 heterocycles. The molecule has 0 aromatic heterocycles. The fraction of sp³-hybridized carbons (Fsp3) is 0.538. The summed E-state index contributed by atoms with van der Waals surface area (Å²) in [5.74, 6) is 1.21. The average Bonchev–Trinajstić information content (AvgIpc) is 2.29. The van der Waals surface area contributed by atoms with E-state index in [0.29, 0.717) is 6.04 Å². The van der Waals surface area contributed by atoms with E-state index in [9.17, 15) is 0 Å². The summed E-state index contributed by atoms with van der Waals surface area (Å²) in [5.41, 5.74) is 1.36. The highest BCUT2D eigenvalue weighted by Gasteiger charge is 2.07. The van der Waals surface area contributed by atoms with Crippen LogP contribution in [0.1, 0.15) is 18.9 Å². The van der Waals surface area contributed by atoms with Crippen molar-refractivity contribution in [2.45, 2.75) is 25.8 Å². The van der Waals surface area contributed by atoms with Crippen molar-refractivity contribution in [1.82, 2.24) is 5.32 Å². The van der Waals surface area contributed by atoms with Gasteiger partial charge in [-0.15, -0.1) is 0 Å². The molecule has 1 rings (SSSR count). The monoisotopic (exact) mass is 257 g/mol.